The first kappa shape index (κ1) is 22.5. The van der Waals surface area contributed by atoms with Crippen molar-refractivity contribution < 1.29 is 17.4 Å². The van der Waals surface area contributed by atoms with Crippen LogP contribution in [0.5, 0.6) is 5.75 Å². The van der Waals surface area contributed by atoms with Gasteiger partial charge in [0.15, 0.2) is 5.84 Å². The van der Waals surface area contributed by atoms with Crippen molar-refractivity contribution in [2.45, 2.75) is 37.0 Å². The Morgan fingerprint density at radius 2 is 1.74 bits per heavy atom. The number of aliphatic imine (C=N–C) groups is 1. The molecule has 0 atom stereocenters. The minimum Gasteiger partial charge on any atom is -0.379 e. The average molecular weight is 495 g/mol. The summed E-state index contributed by atoms with van der Waals surface area (Å²) in [6.45, 7) is 0. The molecule has 2 heterocycles. The van der Waals surface area contributed by atoms with Crippen LogP contribution in [0.15, 0.2) is 75.2 Å². The maximum Gasteiger partial charge on any atom is 0.339 e. The fourth-order valence-electron chi connectivity index (χ4n) is 4.07. The van der Waals surface area contributed by atoms with Gasteiger partial charge in [0.2, 0.25) is 5.17 Å². The van der Waals surface area contributed by atoms with E-state index in [-0.39, 0.29) is 22.1 Å². The van der Waals surface area contributed by atoms with E-state index in [1.165, 1.54) is 60.3 Å². The van der Waals surface area contributed by atoms with E-state index in [1.807, 2.05) is 0 Å². The molecule has 10 heteroatoms. The van der Waals surface area contributed by atoms with Crippen molar-refractivity contribution in [1.29, 1.82) is 5.41 Å². The van der Waals surface area contributed by atoms with Crippen molar-refractivity contribution in [3.8, 4) is 5.75 Å². The number of thioether (sulfide) groups is 1. The van der Waals surface area contributed by atoms with Gasteiger partial charge in [0.1, 0.15) is 15.7 Å². The number of amidine groups is 2. The molecule has 1 aliphatic carbocycles. The maximum absolute atomic E-state index is 12.7. The van der Waals surface area contributed by atoms with Crippen LogP contribution >= 0.6 is 11.8 Å². The molecular formula is C24H22N4O4S2. The second kappa shape index (κ2) is 9.19. The van der Waals surface area contributed by atoms with Crippen molar-refractivity contribution in [3.05, 3.63) is 65.7 Å². The number of benzene rings is 2. The van der Waals surface area contributed by atoms with E-state index in [4.69, 9.17) is 9.59 Å². The van der Waals surface area contributed by atoms with Gasteiger partial charge in [0.05, 0.1) is 5.57 Å². The maximum atomic E-state index is 12.7. The van der Waals surface area contributed by atoms with Crippen LogP contribution in [-0.2, 0) is 14.9 Å². The summed E-state index contributed by atoms with van der Waals surface area (Å²) in [6, 6.07) is 14.1. The number of carbonyl (C=O) groups is 1. The van der Waals surface area contributed by atoms with Gasteiger partial charge in [-0.1, -0.05) is 49.6 Å². The van der Waals surface area contributed by atoms with Gasteiger partial charge in [-0.15, -0.1) is 0 Å². The Bertz CT molecular complexity index is 1330. The van der Waals surface area contributed by atoms with E-state index >= 15 is 0 Å². The highest BCUT2D eigenvalue weighted by Crippen LogP contribution is 2.36. The molecule has 1 amide bonds. The number of carbonyl (C=O) groups excluding carboxylic acids is 1. The molecule has 8 nitrogen and oxygen atoms in total. The highest BCUT2D eigenvalue weighted by molar-refractivity contribution is 8.27. The van der Waals surface area contributed by atoms with Crippen LogP contribution in [0.3, 0.4) is 0 Å². The van der Waals surface area contributed by atoms with Crippen LogP contribution in [0.25, 0.3) is 6.08 Å². The number of hydrogen-bond donors (Lipinski definition) is 1. The summed E-state index contributed by atoms with van der Waals surface area (Å²) in [5.74, 6) is 0.00670. The topological polar surface area (TPSA) is 112 Å². The molecule has 0 unspecified atom stereocenters. The van der Waals surface area contributed by atoms with E-state index in [1.54, 1.807) is 36.4 Å². The molecule has 34 heavy (non-hydrogen) atoms. The van der Waals surface area contributed by atoms with Crippen molar-refractivity contribution in [1.82, 2.24) is 5.01 Å². The summed E-state index contributed by atoms with van der Waals surface area (Å²) in [7, 11) is -3.94. The Morgan fingerprint density at radius 1 is 1.03 bits per heavy atom. The summed E-state index contributed by atoms with van der Waals surface area (Å²) in [5, 5.41) is 15.9. The lowest BCUT2D eigenvalue weighted by Crippen LogP contribution is -2.35. The van der Waals surface area contributed by atoms with E-state index in [2.05, 4.69) is 10.1 Å². The second-order valence-corrected chi connectivity index (χ2v) is 10.7. The summed E-state index contributed by atoms with van der Waals surface area (Å²) in [6.07, 6.45) is 7.29. The first-order chi connectivity index (χ1) is 16.4. The molecule has 0 bridgehead atoms. The molecule has 1 fully saturated rings. The highest BCUT2D eigenvalue weighted by atomic mass is 32.2. The molecule has 2 aromatic carbocycles. The Morgan fingerprint density at radius 3 is 2.44 bits per heavy atom. The number of hydrazone groups is 1. The molecule has 2 aromatic rings. The van der Waals surface area contributed by atoms with Crippen molar-refractivity contribution in [3.63, 3.8) is 0 Å². The van der Waals surface area contributed by atoms with Crippen LogP contribution in [0.4, 0.5) is 0 Å². The van der Waals surface area contributed by atoms with Crippen molar-refractivity contribution in [2.24, 2.45) is 16.0 Å². The highest BCUT2D eigenvalue weighted by Gasteiger charge is 2.37. The zero-order valence-corrected chi connectivity index (χ0v) is 19.8. The molecule has 2 aliphatic heterocycles. The fourth-order valence-corrected chi connectivity index (χ4v) is 6.08. The SMILES string of the molecule is N=C1C(=Cc2ccc(OS(=O)(=O)c3ccccc3)cc2)C(=O)N=C2SC(C3CCCCC3)=NN12. The lowest BCUT2D eigenvalue weighted by Gasteiger charge is -2.20. The van der Waals surface area contributed by atoms with Crippen molar-refractivity contribution in [2.75, 3.05) is 0 Å². The normalized spacial score (nSPS) is 20.2. The van der Waals surface area contributed by atoms with Gasteiger partial charge in [-0.05, 0) is 60.5 Å². The molecule has 0 saturated heterocycles. The minimum atomic E-state index is -3.94. The van der Waals surface area contributed by atoms with Gasteiger partial charge in [0, 0.05) is 5.92 Å². The third-order valence-corrected chi connectivity index (χ3v) is 8.19. The second-order valence-electron chi connectivity index (χ2n) is 8.21. The van der Waals surface area contributed by atoms with E-state index in [0.29, 0.717) is 16.6 Å². The van der Waals surface area contributed by atoms with Crippen LogP contribution in [0, 0.1) is 11.3 Å². The molecule has 5 rings (SSSR count). The molecule has 174 valence electrons. The van der Waals surface area contributed by atoms with E-state index in [0.717, 1.165) is 17.9 Å². The molecule has 0 spiro atoms. The average Bonchev–Trinajstić information content (AvgIpc) is 3.28. The number of rotatable bonds is 5. The lowest BCUT2D eigenvalue weighted by atomic mass is 9.90. The molecule has 1 saturated carbocycles. The Hall–Kier alpha value is -3.24. The monoisotopic (exact) mass is 494 g/mol. The minimum absolute atomic E-state index is 0.0136. The standard InChI is InChI=1S/C24H22N4O4S2/c25-21-20(22(29)26-24-28(21)27-23(33-24)17-7-3-1-4-8-17)15-16-11-13-18(14-12-16)32-34(30,31)19-9-5-2-6-10-19/h2,5-6,9-15,17,25H,1,3-4,7-8H2. The lowest BCUT2D eigenvalue weighted by molar-refractivity contribution is -0.114. The van der Waals surface area contributed by atoms with Crippen molar-refractivity contribution >= 4 is 49.9 Å². The molecule has 0 aromatic heterocycles. The van der Waals surface area contributed by atoms with E-state index < -0.39 is 16.0 Å². The largest absolute Gasteiger partial charge is 0.379 e. The predicted molar refractivity (Wildman–Crippen MR) is 132 cm³/mol. The Balaban J connectivity index is 1.33. The fraction of sp³-hybridized carbons (Fsp3) is 0.250. The number of nitrogens with zero attached hydrogens (tertiary/aromatic N) is 3. The molecule has 0 radical (unpaired) electrons. The summed E-state index contributed by atoms with van der Waals surface area (Å²) in [4.78, 5) is 16.9. The molecular weight excluding hydrogens is 472 g/mol. The Kier molecular flexibility index (Phi) is 6.09. The van der Waals surface area contributed by atoms with Gasteiger partial charge in [0.25, 0.3) is 5.91 Å². The van der Waals surface area contributed by atoms with Gasteiger partial charge in [-0.2, -0.15) is 23.5 Å². The number of amides is 1. The third-order valence-electron chi connectivity index (χ3n) is 5.85. The van der Waals surface area contributed by atoms with Crippen LogP contribution in [-0.4, -0.2) is 35.4 Å². The number of nitrogens with one attached hydrogen (secondary N) is 1. The van der Waals surface area contributed by atoms with Gasteiger partial charge < -0.3 is 4.18 Å². The number of fused-ring (bicyclic) bond motifs is 1. The van der Waals surface area contributed by atoms with E-state index in [9.17, 15) is 13.2 Å². The quantitative estimate of drug-likeness (QED) is 0.478. The first-order valence-corrected chi connectivity index (χ1v) is 13.2. The summed E-state index contributed by atoms with van der Waals surface area (Å²) < 4.78 is 30.0. The Labute approximate surface area is 202 Å². The smallest absolute Gasteiger partial charge is 0.339 e. The first-order valence-electron chi connectivity index (χ1n) is 11.0. The van der Waals surface area contributed by atoms with Crippen LogP contribution in [0.1, 0.15) is 37.7 Å². The summed E-state index contributed by atoms with van der Waals surface area (Å²) in [5.41, 5.74) is 0.739. The van der Waals surface area contributed by atoms with Gasteiger partial charge in [-0.25, -0.2) is 0 Å². The molecule has 3 aliphatic rings. The predicted octanol–water partition coefficient (Wildman–Crippen LogP) is 4.65. The zero-order chi connectivity index (χ0) is 23.7. The molecule has 1 N–H and O–H groups in total. The van der Waals surface area contributed by atoms with Crippen LogP contribution in [0.2, 0.25) is 0 Å². The third kappa shape index (κ3) is 4.55. The summed E-state index contributed by atoms with van der Waals surface area (Å²) >= 11 is 1.39. The van der Waals surface area contributed by atoms with Gasteiger partial charge in [-0.3, -0.25) is 10.2 Å². The van der Waals surface area contributed by atoms with Gasteiger partial charge >= 0.3 is 10.1 Å². The zero-order valence-electron chi connectivity index (χ0n) is 18.2. The van der Waals surface area contributed by atoms with Crippen LogP contribution < -0.4 is 4.18 Å². The number of hydrogen-bond acceptors (Lipinski definition) is 7.